The van der Waals surface area contributed by atoms with Crippen LogP contribution < -0.4 is 0 Å². The zero-order valence-corrected chi connectivity index (χ0v) is 27.3. The van der Waals surface area contributed by atoms with Gasteiger partial charge in [0.25, 0.3) is 0 Å². The summed E-state index contributed by atoms with van der Waals surface area (Å²) in [6, 6.07) is 23.8. The second-order valence-electron chi connectivity index (χ2n) is 11.0. The van der Waals surface area contributed by atoms with Crippen LogP contribution >= 0.6 is 0 Å². The number of aromatic nitrogens is 8. The quantitative estimate of drug-likeness (QED) is 0.232. The van der Waals surface area contributed by atoms with E-state index in [-0.39, 0.29) is 51.5 Å². The summed E-state index contributed by atoms with van der Waals surface area (Å²) >= 11 is 0. The van der Waals surface area contributed by atoms with Crippen molar-refractivity contribution in [1.82, 2.24) is 39.9 Å². The van der Waals surface area contributed by atoms with Gasteiger partial charge in [-0.15, -0.1) is 0 Å². The van der Waals surface area contributed by atoms with Crippen LogP contribution in [0.4, 0.5) is 0 Å². The molecule has 0 radical (unpaired) electrons. The van der Waals surface area contributed by atoms with E-state index in [9.17, 15) is 25.9 Å². The fourth-order valence-corrected chi connectivity index (χ4v) is 8.07. The second kappa shape index (κ2) is 10.8. The Morgan fingerprint density at radius 2 is 0.837 bits per heavy atom. The van der Waals surface area contributed by atoms with Crippen molar-refractivity contribution >= 4 is 64.4 Å². The number of rotatable bonds is 2. The Morgan fingerprint density at radius 3 is 1.27 bits per heavy atom. The molecule has 4 aromatic carbocycles. The zero-order valence-electron chi connectivity index (χ0n) is 24.4. The van der Waals surface area contributed by atoms with Crippen LogP contribution in [0.15, 0.2) is 94.7 Å². The van der Waals surface area contributed by atoms with Crippen LogP contribution in [0.1, 0.15) is 0 Å². The van der Waals surface area contributed by atoms with Crippen LogP contribution in [0.25, 0.3) is 89.7 Å². The van der Waals surface area contributed by atoms with Crippen molar-refractivity contribution < 1.29 is 43.3 Å². The number of benzene rings is 4. The maximum atomic E-state index is 12.7. The number of nitrogens with one attached hydrogen (secondary N) is 2. The van der Waals surface area contributed by atoms with E-state index < -0.39 is 35.4 Å². The molecule has 0 saturated carbocycles. The molecule has 9 rings (SSSR count). The molecule has 2 N–H and O–H groups in total. The molecule has 0 unspecified atom stereocenters. The fraction of sp³-hybridized carbons (Fsp3) is 0. The summed E-state index contributed by atoms with van der Waals surface area (Å²) in [5.74, 6) is 0.876. The van der Waals surface area contributed by atoms with Crippen molar-refractivity contribution in [1.29, 1.82) is 0 Å². The average molecular weight is 725 g/mol. The van der Waals surface area contributed by atoms with Crippen molar-refractivity contribution in [2.75, 3.05) is 0 Å². The number of hydrogen-bond acceptors (Lipinski definition) is 12. The molecule has 0 atom stereocenters. The molecule has 14 nitrogen and oxygen atoms in total. The van der Waals surface area contributed by atoms with E-state index in [2.05, 4.69) is 19.9 Å². The van der Waals surface area contributed by atoms with Crippen LogP contribution in [0.2, 0.25) is 0 Å². The molecule has 5 heterocycles. The van der Waals surface area contributed by atoms with Gasteiger partial charge in [-0.1, -0.05) is 72.8 Å². The molecule has 17 heteroatoms. The standard InChI is InChI=1S/C32H18N8O6S2.Cr/c41-47(42,43)22-14-13-21-23(24(22)48(44,45)46)32-39-30-20-12-6-5-11-19(20)28(37-30)35-26-16-8-2-1-7-15(16)25(33-26)34-27-17-9-3-4-10-18(17)29(36-27)38-31(21)40-32;/h1-14H,(H,41,42,43)(H,44,45,46)(H2,33,34,35,36,37,38,39,40);/q;+2/p-2. The predicted molar refractivity (Wildman–Crippen MR) is 172 cm³/mol. The predicted octanol–water partition coefficient (Wildman–Crippen LogP) is 4.67. The molecule has 2 aliphatic heterocycles. The molecule has 2 aliphatic rings. The summed E-state index contributed by atoms with van der Waals surface area (Å²) in [4.78, 5) is 32.2. The monoisotopic (exact) mass is 724 g/mol. The smallest absolute Gasteiger partial charge is 0.744 e. The van der Waals surface area contributed by atoms with Gasteiger partial charge >= 0.3 is 17.4 Å². The van der Waals surface area contributed by atoms with Gasteiger partial charge in [-0.05, 0) is 12.1 Å². The Kier molecular flexibility index (Phi) is 6.81. The van der Waals surface area contributed by atoms with Crippen molar-refractivity contribution in [2.45, 2.75) is 9.79 Å². The minimum atomic E-state index is -5.56. The minimum absolute atomic E-state index is 0. The summed E-state index contributed by atoms with van der Waals surface area (Å²) < 4.78 is 74.7. The van der Waals surface area contributed by atoms with Crippen molar-refractivity contribution in [3.05, 3.63) is 84.9 Å². The normalized spacial score (nSPS) is 12.4. The van der Waals surface area contributed by atoms with E-state index in [1.807, 2.05) is 36.4 Å². The molecule has 0 spiro atoms. The van der Waals surface area contributed by atoms with Crippen LogP contribution in [0, 0.1) is 0 Å². The zero-order chi connectivity index (χ0) is 32.9. The Bertz CT molecular complexity index is 2980. The van der Waals surface area contributed by atoms with Crippen LogP contribution in [-0.2, 0) is 37.6 Å². The van der Waals surface area contributed by atoms with Gasteiger partial charge in [0.2, 0.25) is 0 Å². The van der Waals surface area contributed by atoms with E-state index in [4.69, 9.17) is 19.9 Å². The third-order valence-corrected chi connectivity index (χ3v) is 10.1. The van der Waals surface area contributed by atoms with Crippen LogP contribution in [0.3, 0.4) is 0 Å². The Hall–Kier alpha value is -5.41. The fourth-order valence-electron chi connectivity index (χ4n) is 6.13. The maximum absolute atomic E-state index is 12.7. The van der Waals surface area contributed by atoms with Crippen molar-refractivity contribution in [2.24, 2.45) is 0 Å². The van der Waals surface area contributed by atoms with Gasteiger partial charge in [-0.25, -0.2) is 46.7 Å². The molecule has 0 amide bonds. The van der Waals surface area contributed by atoms with Crippen molar-refractivity contribution in [3.63, 3.8) is 0 Å². The van der Waals surface area contributed by atoms with E-state index in [0.29, 0.717) is 39.4 Å². The van der Waals surface area contributed by atoms with Crippen LogP contribution in [0.5, 0.6) is 0 Å². The Labute approximate surface area is 286 Å². The van der Waals surface area contributed by atoms with Gasteiger partial charge in [0.1, 0.15) is 42.8 Å². The molecule has 0 fully saturated rings. The Morgan fingerprint density at radius 1 is 0.449 bits per heavy atom. The summed E-state index contributed by atoms with van der Waals surface area (Å²) in [5, 5.41) is 1.13. The molecule has 3 aromatic heterocycles. The summed E-state index contributed by atoms with van der Waals surface area (Å²) in [5.41, 5.74) is 3.08. The van der Waals surface area contributed by atoms with E-state index in [1.54, 1.807) is 36.4 Å². The summed E-state index contributed by atoms with van der Waals surface area (Å²) in [6.45, 7) is 0. The average Bonchev–Trinajstić information content (AvgIpc) is 3.79. The van der Waals surface area contributed by atoms with Gasteiger partial charge in [0.15, 0.2) is 23.3 Å². The first kappa shape index (κ1) is 30.9. The van der Waals surface area contributed by atoms with Gasteiger partial charge in [0, 0.05) is 43.8 Å². The SMILES string of the molecule is O=S(=O)([O-])c1ccc2c3nc4nc(nc5[nH]c(nc6nc(nc([nH]3)c2c1S(=O)(=O)[O-])-c1ccccc1-6)c1ccccc51)-c1ccccc1-4.[Cr+2]. The molecule has 0 aliphatic carbocycles. The minimum Gasteiger partial charge on any atom is -0.744 e. The van der Waals surface area contributed by atoms with E-state index in [1.165, 1.54) is 6.07 Å². The summed E-state index contributed by atoms with van der Waals surface area (Å²) in [6.07, 6.45) is 0. The first-order chi connectivity index (χ1) is 23.0. The summed E-state index contributed by atoms with van der Waals surface area (Å²) in [7, 11) is -11.0. The van der Waals surface area contributed by atoms with E-state index in [0.717, 1.165) is 16.8 Å². The number of fused-ring (bicyclic) bond motifs is 20. The molecular formula is C32H16CrN8O6S2. The first-order valence-corrected chi connectivity index (χ1v) is 17.1. The van der Waals surface area contributed by atoms with Gasteiger partial charge < -0.3 is 19.1 Å². The number of aromatic amines is 2. The Balaban J connectivity index is 0.00000348. The largest absolute Gasteiger partial charge is 2.00 e. The maximum Gasteiger partial charge on any atom is 2.00 e. The van der Waals surface area contributed by atoms with Gasteiger partial charge in [0.05, 0.1) is 9.79 Å². The molecule has 8 bridgehead atoms. The third-order valence-electron chi connectivity index (χ3n) is 8.16. The molecule has 7 aromatic rings. The first-order valence-electron chi connectivity index (χ1n) is 14.2. The van der Waals surface area contributed by atoms with Crippen LogP contribution in [-0.4, -0.2) is 65.8 Å². The second-order valence-corrected chi connectivity index (χ2v) is 13.6. The number of hydrogen-bond donors (Lipinski definition) is 2. The van der Waals surface area contributed by atoms with Gasteiger partial charge in [-0.2, -0.15) is 0 Å². The molecular weight excluding hydrogens is 709 g/mol. The topological polar surface area (TPSA) is 223 Å². The molecule has 49 heavy (non-hydrogen) atoms. The third kappa shape index (κ3) is 4.83. The van der Waals surface area contributed by atoms with Crippen molar-refractivity contribution in [3.8, 4) is 45.6 Å². The molecule has 0 saturated heterocycles. The molecule has 238 valence electrons. The number of nitrogens with zero attached hydrogens (tertiary/aromatic N) is 6. The van der Waals surface area contributed by atoms with E-state index >= 15 is 0 Å². The number of H-pyrrole nitrogens is 2. The van der Waals surface area contributed by atoms with Gasteiger partial charge in [-0.3, -0.25) is 0 Å².